The molecule has 5 nitrogen and oxygen atoms in total. The van der Waals surface area contributed by atoms with Gasteiger partial charge < -0.3 is 15.2 Å². The number of carbonyl (C=O) groups is 2. The predicted octanol–water partition coefficient (Wildman–Crippen LogP) is 2.03. The first-order chi connectivity index (χ1) is 9.56. The van der Waals surface area contributed by atoms with E-state index in [1.165, 1.54) is 0 Å². The summed E-state index contributed by atoms with van der Waals surface area (Å²) in [7, 11) is 0. The predicted molar refractivity (Wildman–Crippen MR) is 75.9 cm³/mol. The molecular weight excluding hydrogens is 258 g/mol. The minimum Gasteiger partial charge on any atom is -0.466 e. The van der Waals surface area contributed by atoms with Crippen molar-refractivity contribution < 1.29 is 19.1 Å². The Morgan fingerprint density at radius 1 is 1.05 bits per heavy atom. The van der Waals surface area contributed by atoms with E-state index in [1.54, 1.807) is 6.92 Å². The Morgan fingerprint density at radius 3 is 2.15 bits per heavy atom. The first kappa shape index (κ1) is 17.0. The first-order valence-corrected chi connectivity index (χ1v) is 7.64. The number of ether oxygens (including phenoxy) is 2. The van der Waals surface area contributed by atoms with E-state index in [1.807, 2.05) is 6.92 Å². The van der Waals surface area contributed by atoms with Crippen LogP contribution < -0.4 is 5.73 Å². The van der Waals surface area contributed by atoms with Crippen molar-refractivity contribution in [1.29, 1.82) is 0 Å². The van der Waals surface area contributed by atoms with Crippen LogP contribution >= 0.6 is 0 Å². The van der Waals surface area contributed by atoms with Gasteiger partial charge in [0.2, 0.25) is 0 Å². The number of carbonyl (C=O) groups excluding carboxylic acids is 2. The summed E-state index contributed by atoms with van der Waals surface area (Å²) in [5.41, 5.74) is 5.84. The summed E-state index contributed by atoms with van der Waals surface area (Å²) in [6.07, 6.45) is 5.28. The van der Waals surface area contributed by atoms with Crippen LogP contribution in [0, 0.1) is 11.8 Å². The lowest BCUT2D eigenvalue weighted by molar-refractivity contribution is -0.145. The van der Waals surface area contributed by atoms with Crippen molar-refractivity contribution in [3.8, 4) is 0 Å². The van der Waals surface area contributed by atoms with Gasteiger partial charge in [-0.05, 0) is 44.9 Å². The quantitative estimate of drug-likeness (QED) is 0.724. The molecule has 0 unspecified atom stereocenters. The summed E-state index contributed by atoms with van der Waals surface area (Å²) in [6.45, 7) is 4.43. The zero-order valence-electron chi connectivity index (χ0n) is 12.6. The molecule has 0 aromatic carbocycles. The lowest BCUT2D eigenvalue weighted by Gasteiger charge is -2.29. The molecule has 1 atom stereocenters. The van der Waals surface area contributed by atoms with E-state index in [2.05, 4.69) is 0 Å². The Balaban J connectivity index is 2.25. The summed E-state index contributed by atoms with van der Waals surface area (Å²) in [5, 5.41) is 0. The molecule has 0 aromatic heterocycles. The minimum absolute atomic E-state index is 0.0980. The van der Waals surface area contributed by atoms with E-state index in [0.29, 0.717) is 37.9 Å². The molecule has 0 heterocycles. The van der Waals surface area contributed by atoms with Crippen molar-refractivity contribution >= 4 is 11.9 Å². The monoisotopic (exact) mass is 285 g/mol. The molecular formula is C15H27NO4. The van der Waals surface area contributed by atoms with Crippen molar-refractivity contribution in [3.05, 3.63) is 0 Å². The smallest absolute Gasteiger partial charge is 0.322 e. The van der Waals surface area contributed by atoms with Gasteiger partial charge in [0, 0.05) is 6.42 Å². The number of rotatable bonds is 7. The van der Waals surface area contributed by atoms with Crippen molar-refractivity contribution in [1.82, 2.24) is 0 Å². The van der Waals surface area contributed by atoms with Gasteiger partial charge in [0.05, 0.1) is 13.2 Å². The van der Waals surface area contributed by atoms with Crippen LogP contribution in [0.1, 0.15) is 52.4 Å². The molecule has 1 aliphatic rings. The normalized spacial score (nSPS) is 23.9. The SMILES string of the molecule is CCOC(=O)CC1CCC(C[C@H](N)C(=O)OCC)CC1. The molecule has 0 radical (unpaired) electrons. The van der Waals surface area contributed by atoms with Gasteiger partial charge in [-0.2, -0.15) is 0 Å². The average molecular weight is 285 g/mol. The summed E-state index contributed by atoms with van der Waals surface area (Å²) < 4.78 is 9.89. The standard InChI is InChI=1S/C15H27NO4/c1-3-19-14(17)10-12-7-5-11(6-8-12)9-13(16)15(18)20-4-2/h11-13H,3-10,16H2,1-2H3/t11?,12?,13-/m0/s1. The number of hydrogen-bond acceptors (Lipinski definition) is 5. The van der Waals surface area contributed by atoms with Gasteiger partial charge in [-0.3, -0.25) is 9.59 Å². The maximum atomic E-state index is 11.5. The molecule has 1 rings (SSSR count). The molecule has 0 aromatic rings. The van der Waals surface area contributed by atoms with Gasteiger partial charge in [-0.15, -0.1) is 0 Å². The van der Waals surface area contributed by atoms with E-state index in [4.69, 9.17) is 15.2 Å². The van der Waals surface area contributed by atoms with E-state index >= 15 is 0 Å². The molecule has 5 heteroatoms. The van der Waals surface area contributed by atoms with E-state index in [0.717, 1.165) is 25.7 Å². The maximum Gasteiger partial charge on any atom is 0.322 e. The summed E-state index contributed by atoms with van der Waals surface area (Å²) in [5.74, 6) is 0.484. The van der Waals surface area contributed by atoms with Crippen LogP contribution in [-0.2, 0) is 19.1 Å². The van der Waals surface area contributed by atoms with Crippen LogP contribution in [-0.4, -0.2) is 31.2 Å². The number of esters is 2. The zero-order chi connectivity index (χ0) is 15.0. The van der Waals surface area contributed by atoms with E-state index in [-0.39, 0.29) is 11.9 Å². The lowest BCUT2D eigenvalue weighted by atomic mass is 9.78. The van der Waals surface area contributed by atoms with Gasteiger partial charge in [0.15, 0.2) is 0 Å². The Labute approximate surface area is 121 Å². The minimum atomic E-state index is -0.512. The van der Waals surface area contributed by atoms with Crippen LogP contribution in [0.3, 0.4) is 0 Å². The molecule has 1 aliphatic carbocycles. The second-order valence-electron chi connectivity index (χ2n) is 5.49. The van der Waals surface area contributed by atoms with Crippen LogP contribution in [0.5, 0.6) is 0 Å². The zero-order valence-corrected chi connectivity index (χ0v) is 12.6. The summed E-state index contributed by atoms with van der Waals surface area (Å²) in [6, 6.07) is -0.512. The van der Waals surface area contributed by atoms with Gasteiger partial charge in [0.1, 0.15) is 6.04 Å². The Hall–Kier alpha value is -1.10. The fraction of sp³-hybridized carbons (Fsp3) is 0.867. The van der Waals surface area contributed by atoms with Crippen LogP contribution in [0.2, 0.25) is 0 Å². The molecule has 1 saturated carbocycles. The Morgan fingerprint density at radius 2 is 1.60 bits per heavy atom. The molecule has 2 N–H and O–H groups in total. The Bertz CT molecular complexity index is 311. The fourth-order valence-corrected chi connectivity index (χ4v) is 2.83. The molecule has 20 heavy (non-hydrogen) atoms. The molecule has 0 spiro atoms. The average Bonchev–Trinajstić information content (AvgIpc) is 2.41. The third-order valence-corrected chi connectivity index (χ3v) is 3.90. The first-order valence-electron chi connectivity index (χ1n) is 7.64. The molecule has 116 valence electrons. The Kier molecular flexibility index (Phi) is 7.59. The highest BCUT2D eigenvalue weighted by Gasteiger charge is 2.26. The molecule has 0 aliphatic heterocycles. The van der Waals surface area contributed by atoms with E-state index in [9.17, 15) is 9.59 Å². The highest BCUT2D eigenvalue weighted by molar-refractivity contribution is 5.75. The second kappa shape index (κ2) is 8.95. The highest BCUT2D eigenvalue weighted by Crippen LogP contribution is 2.33. The molecule has 0 amide bonds. The van der Waals surface area contributed by atoms with Gasteiger partial charge in [-0.25, -0.2) is 0 Å². The van der Waals surface area contributed by atoms with Crippen LogP contribution in [0.25, 0.3) is 0 Å². The summed E-state index contributed by atoms with van der Waals surface area (Å²) >= 11 is 0. The van der Waals surface area contributed by atoms with Gasteiger partial charge >= 0.3 is 11.9 Å². The summed E-state index contributed by atoms with van der Waals surface area (Å²) in [4.78, 5) is 22.9. The third-order valence-electron chi connectivity index (χ3n) is 3.90. The molecule has 1 fully saturated rings. The highest BCUT2D eigenvalue weighted by atomic mass is 16.5. The topological polar surface area (TPSA) is 78.6 Å². The second-order valence-corrected chi connectivity index (χ2v) is 5.49. The number of hydrogen-bond donors (Lipinski definition) is 1. The van der Waals surface area contributed by atoms with Crippen molar-refractivity contribution in [2.24, 2.45) is 17.6 Å². The lowest BCUT2D eigenvalue weighted by Crippen LogP contribution is -2.35. The van der Waals surface area contributed by atoms with Crippen LogP contribution in [0.15, 0.2) is 0 Å². The van der Waals surface area contributed by atoms with Crippen molar-refractivity contribution in [2.75, 3.05) is 13.2 Å². The third kappa shape index (κ3) is 5.90. The van der Waals surface area contributed by atoms with E-state index < -0.39 is 6.04 Å². The van der Waals surface area contributed by atoms with Crippen LogP contribution in [0.4, 0.5) is 0 Å². The number of nitrogens with two attached hydrogens (primary N) is 1. The maximum absolute atomic E-state index is 11.5. The molecule has 0 saturated heterocycles. The van der Waals surface area contributed by atoms with Crippen molar-refractivity contribution in [3.63, 3.8) is 0 Å². The molecule has 0 bridgehead atoms. The van der Waals surface area contributed by atoms with Gasteiger partial charge in [0.25, 0.3) is 0 Å². The van der Waals surface area contributed by atoms with Gasteiger partial charge in [-0.1, -0.05) is 12.8 Å². The fourth-order valence-electron chi connectivity index (χ4n) is 2.83. The van der Waals surface area contributed by atoms with Crippen molar-refractivity contribution in [2.45, 2.75) is 58.4 Å². The largest absolute Gasteiger partial charge is 0.466 e.